The first-order valence-corrected chi connectivity index (χ1v) is 6.68. The molecule has 0 aromatic heterocycles. The molecule has 3 N–H and O–H groups in total. The largest absolute Gasteiger partial charge is 0.484 e. The number of halogens is 3. The first-order chi connectivity index (χ1) is 9.95. The van der Waals surface area contributed by atoms with Crippen LogP contribution in [0.3, 0.4) is 0 Å². The topological polar surface area (TPSA) is 64.3 Å². The fourth-order valence-electron chi connectivity index (χ4n) is 1.55. The molecule has 0 aliphatic heterocycles. The lowest BCUT2D eigenvalue weighted by Crippen LogP contribution is -2.21. The van der Waals surface area contributed by atoms with Crippen molar-refractivity contribution in [2.24, 2.45) is 0 Å². The second-order valence-corrected chi connectivity index (χ2v) is 5.07. The molecule has 0 saturated heterocycles. The predicted molar refractivity (Wildman–Crippen MR) is 79.0 cm³/mol. The van der Waals surface area contributed by atoms with Crippen LogP contribution in [0, 0.1) is 11.6 Å². The molecule has 110 valence electrons. The zero-order chi connectivity index (χ0) is 15.4. The molecule has 2 aromatic rings. The third-order valence-corrected chi connectivity index (χ3v) is 2.98. The lowest BCUT2D eigenvalue weighted by molar-refractivity contribution is -0.118. The van der Waals surface area contributed by atoms with Crippen LogP contribution < -0.4 is 15.8 Å². The van der Waals surface area contributed by atoms with Gasteiger partial charge >= 0.3 is 0 Å². The average molecular weight is 357 g/mol. The van der Waals surface area contributed by atoms with Crippen molar-refractivity contribution in [3.63, 3.8) is 0 Å². The number of carbonyl (C=O) groups excluding carboxylic acids is 1. The van der Waals surface area contributed by atoms with E-state index in [2.05, 4.69) is 21.2 Å². The summed E-state index contributed by atoms with van der Waals surface area (Å²) >= 11 is 2.95. The number of nitrogens with one attached hydrogen (secondary N) is 1. The third-order valence-electron chi connectivity index (χ3n) is 2.52. The summed E-state index contributed by atoms with van der Waals surface area (Å²) in [5, 5.41) is 2.13. The summed E-state index contributed by atoms with van der Waals surface area (Å²) < 4.78 is 32.5. The van der Waals surface area contributed by atoms with Gasteiger partial charge in [-0.15, -0.1) is 0 Å². The van der Waals surface area contributed by atoms with Gasteiger partial charge in [-0.2, -0.15) is 0 Å². The second-order valence-electron chi connectivity index (χ2n) is 4.15. The molecule has 7 heteroatoms. The van der Waals surface area contributed by atoms with E-state index in [1.165, 1.54) is 0 Å². The standard InChI is InChI=1S/C14H11BrF2N2O2/c15-8-5-11(16)14(12(17)6-8)19-13(20)7-21-10-3-1-9(18)2-4-10/h1-6H,7,18H2,(H,19,20). The van der Waals surface area contributed by atoms with Crippen molar-refractivity contribution < 1.29 is 18.3 Å². The van der Waals surface area contributed by atoms with Crippen LogP contribution in [0.5, 0.6) is 5.75 Å². The van der Waals surface area contributed by atoms with E-state index < -0.39 is 23.2 Å². The molecule has 0 aliphatic rings. The van der Waals surface area contributed by atoms with E-state index in [0.717, 1.165) is 12.1 Å². The normalized spacial score (nSPS) is 10.2. The van der Waals surface area contributed by atoms with Crippen molar-refractivity contribution in [2.45, 2.75) is 0 Å². The summed E-state index contributed by atoms with van der Waals surface area (Å²) in [6.07, 6.45) is 0. The summed E-state index contributed by atoms with van der Waals surface area (Å²) in [5.41, 5.74) is 5.56. The Labute approximate surface area is 128 Å². The number of hydrogen-bond donors (Lipinski definition) is 2. The highest BCUT2D eigenvalue weighted by Crippen LogP contribution is 2.23. The molecule has 0 radical (unpaired) electrons. The lowest BCUT2D eigenvalue weighted by atomic mass is 10.3. The number of ether oxygens (including phenoxy) is 1. The Bertz CT molecular complexity index is 640. The maximum atomic E-state index is 13.5. The molecular formula is C14H11BrF2N2O2. The highest BCUT2D eigenvalue weighted by molar-refractivity contribution is 9.10. The van der Waals surface area contributed by atoms with Crippen molar-refractivity contribution >= 4 is 33.2 Å². The van der Waals surface area contributed by atoms with E-state index in [-0.39, 0.29) is 11.1 Å². The van der Waals surface area contributed by atoms with Gasteiger partial charge in [0.1, 0.15) is 11.4 Å². The van der Waals surface area contributed by atoms with Gasteiger partial charge < -0.3 is 15.8 Å². The molecule has 0 aliphatic carbocycles. The summed E-state index contributed by atoms with van der Waals surface area (Å²) in [6, 6.07) is 8.51. The molecule has 0 saturated carbocycles. The van der Waals surface area contributed by atoms with Crippen molar-refractivity contribution in [3.8, 4) is 5.75 Å². The SMILES string of the molecule is Nc1ccc(OCC(=O)Nc2c(F)cc(Br)cc2F)cc1. The van der Waals surface area contributed by atoms with E-state index >= 15 is 0 Å². The Morgan fingerprint density at radius 1 is 1.19 bits per heavy atom. The van der Waals surface area contributed by atoms with Crippen LogP contribution in [-0.2, 0) is 4.79 Å². The van der Waals surface area contributed by atoms with E-state index in [9.17, 15) is 13.6 Å². The second kappa shape index (κ2) is 6.53. The molecular weight excluding hydrogens is 346 g/mol. The van der Waals surface area contributed by atoms with E-state index in [0.29, 0.717) is 11.4 Å². The molecule has 0 heterocycles. The third kappa shape index (κ3) is 4.16. The van der Waals surface area contributed by atoms with Crippen LogP contribution in [0.15, 0.2) is 40.9 Å². The number of hydrogen-bond acceptors (Lipinski definition) is 3. The first-order valence-electron chi connectivity index (χ1n) is 5.88. The van der Waals surface area contributed by atoms with Gasteiger partial charge in [-0.1, -0.05) is 15.9 Å². The van der Waals surface area contributed by atoms with Gasteiger partial charge in [0.2, 0.25) is 0 Å². The van der Waals surface area contributed by atoms with Gasteiger partial charge in [-0.05, 0) is 36.4 Å². The summed E-state index contributed by atoms with van der Waals surface area (Å²) in [7, 11) is 0. The van der Waals surface area contributed by atoms with E-state index in [4.69, 9.17) is 10.5 Å². The quantitative estimate of drug-likeness (QED) is 0.825. The molecule has 1 amide bonds. The Morgan fingerprint density at radius 3 is 2.33 bits per heavy atom. The average Bonchev–Trinajstić information content (AvgIpc) is 2.42. The van der Waals surface area contributed by atoms with Gasteiger partial charge in [0.15, 0.2) is 18.2 Å². The van der Waals surface area contributed by atoms with Gasteiger partial charge in [0.25, 0.3) is 5.91 Å². The van der Waals surface area contributed by atoms with Gasteiger partial charge in [-0.25, -0.2) is 8.78 Å². The van der Waals surface area contributed by atoms with Crippen LogP contribution in [0.1, 0.15) is 0 Å². The Morgan fingerprint density at radius 2 is 1.76 bits per heavy atom. The predicted octanol–water partition coefficient (Wildman–Crippen LogP) is 3.33. The van der Waals surface area contributed by atoms with Crippen molar-refractivity contribution in [3.05, 3.63) is 52.5 Å². The number of benzene rings is 2. The number of nitrogen functional groups attached to an aromatic ring is 1. The minimum absolute atomic E-state index is 0.244. The van der Waals surface area contributed by atoms with Crippen molar-refractivity contribution in [1.29, 1.82) is 0 Å². The molecule has 0 bridgehead atoms. The molecule has 4 nitrogen and oxygen atoms in total. The smallest absolute Gasteiger partial charge is 0.262 e. The Kier molecular flexibility index (Phi) is 4.74. The maximum absolute atomic E-state index is 13.5. The van der Waals surface area contributed by atoms with E-state index in [1.54, 1.807) is 24.3 Å². The monoisotopic (exact) mass is 356 g/mol. The zero-order valence-corrected chi connectivity index (χ0v) is 12.3. The Hall–Kier alpha value is -2.15. The van der Waals surface area contributed by atoms with E-state index in [1.807, 2.05) is 0 Å². The molecule has 2 aromatic carbocycles. The molecule has 0 unspecified atom stereocenters. The molecule has 0 atom stereocenters. The van der Waals surface area contributed by atoms with Gasteiger partial charge in [0.05, 0.1) is 0 Å². The highest BCUT2D eigenvalue weighted by Gasteiger charge is 2.13. The number of nitrogens with two attached hydrogens (primary N) is 1. The number of amides is 1. The first kappa shape index (κ1) is 15.2. The fraction of sp³-hybridized carbons (Fsp3) is 0.0714. The van der Waals surface area contributed by atoms with Crippen LogP contribution in [0.2, 0.25) is 0 Å². The summed E-state index contributed by atoms with van der Waals surface area (Å²) in [5.74, 6) is -1.99. The van der Waals surface area contributed by atoms with Crippen LogP contribution >= 0.6 is 15.9 Å². The van der Waals surface area contributed by atoms with Gasteiger partial charge in [-0.3, -0.25) is 4.79 Å². The zero-order valence-electron chi connectivity index (χ0n) is 10.7. The molecule has 21 heavy (non-hydrogen) atoms. The Balaban J connectivity index is 1.97. The van der Waals surface area contributed by atoms with Crippen molar-refractivity contribution in [1.82, 2.24) is 0 Å². The molecule has 2 rings (SSSR count). The van der Waals surface area contributed by atoms with Gasteiger partial charge in [0, 0.05) is 10.2 Å². The summed E-state index contributed by atoms with van der Waals surface area (Å²) in [4.78, 5) is 11.6. The number of anilines is 2. The number of rotatable bonds is 4. The van der Waals surface area contributed by atoms with Crippen LogP contribution in [0.4, 0.5) is 20.2 Å². The summed E-state index contributed by atoms with van der Waals surface area (Å²) in [6.45, 7) is -0.376. The van der Waals surface area contributed by atoms with Crippen LogP contribution in [0.25, 0.3) is 0 Å². The minimum Gasteiger partial charge on any atom is -0.484 e. The van der Waals surface area contributed by atoms with Crippen LogP contribution in [-0.4, -0.2) is 12.5 Å². The maximum Gasteiger partial charge on any atom is 0.262 e. The molecule has 0 fully saturated rings. The minimum atomic E-state index is -0.872. The molecule has 0 spiro atoms. The highest BCUT2D eigenvalue weighted by atomic mass is 79.9. The lowest BCUT2D eigenvalue weighted by Gasteiger charge is -2.09. The van der Waals surface area contributed by atoms with Crippen molar-refractivity contribution in [2.75, 3.05) is 17.7 Å². The number of carbonyl (C=O) groups is 1. The fourth-order valence-corrected chi connectivity index (χ4v) is 1.95.